The molecule has 23 heavy (non-hydrogen) atoms. The molecule has 0 amide bonds. The van der Waals surface area contributed by atoms with Crippen molar-refractivity contribution in [2.45, 2.75) is 32.2 Å². The van der Waals surface area contributed by atoms with Crippen LogP contribution >= 0.6 is 0 Å². The van der Waals surface area contributed by atoms with Gasteiger partial charge in [0.05, 0.1) is 0 Å². The summed E-state index contributed by atoms with van der Waals surface area (Å²) in [5.74, 6) is -0.172. The molecule has 0 bridgehead atoms. The van der Waals surface area contributed by atoms with Gasteiger partial charge in [-0.1, -0.05) is 18.2 Å². The lowest BCUT2D eigenvalue weighted by Gasteiger charge is -2.14. The van der Waals surface area contributed by atoms with E-state index in [0.29, 0.717) is 6.04 Å². The van der Waals surface area contributed by atoms with Crippen LogP contribution in [0, 0.1) is 5.82 Å². The van der Waals surface area contributed by atoms with E-state index >= 15 is 0 Å². The molecular formula is C20H23FN2. The highest BCUT2D eigenvalue weighted by atomic mass is 19.1. The van der Waals surface area contributed by atoms with Crippen molar-refractivity contribution in [1.29, 1.82) is 0 Å². The molecule has 1 atom stereocenters. The fraction of sp³-hybridized carbons (Fsp3) is 0.300. The Morgan fingerprint density at radius 3 is 2.65 bits per heavy atom. The average Bonchev–Trinajstić information content (AvgIpc) is 3.01. The van der Waals surface area contributed by atoms with Gasteiger partial charge in [0, 0.05) is 17.8 Å². The van der Waals surface area contributed by atoms with Gasteiger partial charge in [-0.15, -0.1) is 0 Å². The molecule has 2 nitrogen and oxygen atoms in total. The first-order valence-corrected chi connectivity index (χ1v) is 8.24. The summed E-state index contributed by atoms with van der Waals surface area (Å²) in [4.78, 5) is 3.22. The Bertz CT molecular complexity index is 746. The van der Waals surface area contributed by atoms with Crippen molar-refractivity contribution in [3.63, 3.8) is 0 Å². The summed E-state index contributed by atoms with van der Waals surface area (Å²) in [6, 6.07) is 15.9. The zero-order chi connectivity index (χ0) is 16.1. The van der Waals surface area contributed by atoms with Crippen molar-refractivity contribution in [2.24, 2.45) is 0 Å². The zero-order valence-corrected chi connectivity index (χ0v) is 13.5. The van der Waals surface area contributed by atoms with Gasteiger partial charge >= 0.3 is 0 Å². The first-order valence-electron chi connectivity index (χ1n) is 8.24. The van der Waals surface area contributed by atoms with Crippen LogP contribution in [-0.2, 0) is 12.8 Å². The maximum Gasteiger partial charge on any atom is 0.123 e. The van der Waals surface area contributed by atoms with Crippen LogP contribution in [0.25, 0.3) is 10.9 Å². The number of aromatic nitrogens is 1. The molecule has 0 aliphatic carbocycles. The third kappa shape index (κ3) is 4.42. The number of aryl methyl sites for hydroxylation is 1. The van der Waals surface area contributed by atoms with Gasteiger partial charge in [0.15, 0.2) is 0 Å². The Morgan fingerprint density at radius 1 is 1.04 bits per heavy atom. The van der Waals surface area contributed by atoms with E-state index in [2.05, 4.69) is 41.5 Å². The van der Waals surface area contributed by atoms with Crippen LogP contribution < -0.4 is 5.32 Å². The van der Waals surface area contributed by atoms with E-state index in [1.54, 1.807) is 0 Å². The summed E-state index contributed by atoms with van der Waals surface area (Å²) in [7, 11) is 0. The second kappa shape index (κ2) is 7.42. The second-order valence-corrected chi connectivity index (χ2v) is 6.19. The lowest BCUT2D eigenvalue weighted by molar-refractivity contribution is 0.533. The van der Waals surface area contributed by atoms with Crippen LogP contribution in [0.3, 0.4) is 0 Å². The van der Waals surface area contributed by atoms with Crippen molar-refractivity contribution >= 4 is 10.9 Å². The monoisotopic (exact) mass is 310 g/mol. The van der Waals surface area contributed by atoms with Gasteiger partial charge in [-0.3, -0.25) is 0 Å². The van der Waals surface area contributed by atoms with Gasteiger partial charge in [-0.25, -0.2) is 4.39 Å². The molecule has 0 fully saturated rings. The molecule has 0 spiro atoms. The van der Waals surface area contributed by atoms with Crippen LogP contribution in [0.1, 0.15) is 24.5 Å². The van der Waals surface area contributed by atoms with E-state index in [0.717, 1.165) is 25.8 Å². The van der Waals surface area contributed by atoms with Gasteiger partial charge in [0.2, 0.25) is 0 Å². The van der Waals surface area contributed by atoms with Gasteiger partial charge in [0.1, 0.15) is 5.82 Å². The largest absolute Gasteiger partial charge is 0.361 e. The summed E-state index contributed by atoms with van der Waals surface area (Å²) in [5, 5.41) is 4.83. The molecule has 0 saturated carbocycles. The first-order chi connectivity index (χ1) is 11.2. The molecule has 2 aromatic carbocycles. The molecular weight excluding hydrogens is 287 g/mol. The van der Waals surface area contributed by atoms with Gasteiger partial charge in [-0.2, -0.15) is 0 Å². The van der Waals surface area contributed by atoms with E-state index < -0.39 is 0 Å². The molecule has 1 heterocycles. The number of rotatable bonds is 7. The molecule has 1 aromatic heterocycles. The lowest BCUT2D eigenvalue weighted by atomic mass is 10.1. The molecule has 0 saturated heterocycles. The van der Waals surface area contributed by atoms with Gasteiger partial charge in [-0.05, 0) is 79.6 Å². The Labute approximate surface area is 136 Å². The topological polar surface area (TPSA) is 27.8 Å². The van der Waals surface area contributed by atoms with E-state index in [1.807, 2.05) is 18.3 Å². The van der Waals surface area contributed by atoms with Crippen molar-refractivity contribution in [3.8, 4) is 0 Å². The minimum atomic E-state index is -0.172. The maximum atomic E-state index is 12.9. The lowest BCUT2D eigenvalue weighted by Crippen LogP contribution is -2.29. The fourth-order valence-corrected chi connectivity index (χ4v) is 2.95. The smallest absolute Gasteiger partial charge is 0.123 e. The minimum absolute atomic E-state index is 0.172. The van der Waals surface area contributed by atoms with Crippen molar-refractivity contribution in [2.75, 3.05) is 6.54 Å². The maximum absolute atomic E-state index is 12.9. The molecule has 120 valence electrons. The number of nitrogens with one attached hydrogen (secondary N) is 2. The van der Waals surface area contributed by atoms with Crippen molar-refractivity contribution in [1.82, 2.24) is 10.3 Å². The summed E-state index contributed by atoms with van der Waals surface area (Å²) in [5.41, 5.74) is 3.74. The van der Waals surface area contributed by atoms with Crippen LogP contribution in [-0.4, -0.2) is 17.6 Å². The molecule has 0 aliphatic rings. The molecule has 3 rings (SSSR count). The SMILES string of the molecule is CC(Cc1ccc(F)cc1)NCCCc1ccc2[nH]ccc2c1. The first kappa shape index (κ1) is 15.8. The highest BCUT2D eigenvalue weighted by Crippen LogP contribution is 2.15. The van der Waals surface area contributed by atoms with Crippen molar-refractivity contribution in [3.05, 3.63) is 71.7 Å². The van der Waals surface area contributed by atoms with Crippen molar-refractivity contribution < 1.29 is 4.39 Å². The molecule has 3 heteroatoms. The number of fused-ring (bicyclic) bond motifs is 1. The quantitative estimate of drug-likeness (QED) is 0.620. The third-order valence-corrected chi connectivity index (χ3v) is 4.21. The Hall–Kier alpha value is -2.13. The number of H-pyrrole nitrogens is 1. The zero-order valence-electron chi connectivity index (χ0n) is 13.5. The number of benzene rings is 2. The number of aromatic amines is 1. The van der Waals surface area contributed by atoms with Crippen LogP contribution in [0.4, 0.5) is 4.39 Å². The molecule has 0 radical (unpaired) electrons. The Morgan fingerprint density at radius 2 is 1.83 bits per heavy atom. The number of hydrogen-bond donors (Lipinski definition) is 2. The predicted molar refractivity (Wildman–Crippen MR) is 94.2 cm³/mol. The predicted octanol–water partition coefficient (Wildman–Crippen LogP) is 4.46. The molecule has 1 unspecified atom stereocenters. The third-order valence-electron chi connectivity index (χ3n) is 4.21. The highest BCUT2D eigenvalue weighted by molar-refractivity contribution is 5.79. The summed E-state index contributed by atoms with van der Waals surface area (Å²) in [6.07, 6.45) is 5.10. The van der Waals surface area contributed by atoms with Gasteiger partial charge in [0.25, 0.3) is 0 Å². The van der Waals surface area contributed by atoms with E-state index in [-0.39, 0.29) is 5.82 Å². The normalized spacial score (nSPS) is 12.6. The summed E-state index contributed by atoms with van der Waals surface area (Å²) < 4.78 is 12.9. The van der Waals surface area contributed by atoms with Crippen LogP contribution in [0.2, 0.25) is 0 Å². The van der Waals surface area contributed by atoms with E-state index in [9.17, 15) is 4.39 Å². The Balaban J connectivity index is 1.41. The molecule has 2 N–H and O–H groups in total. The fourth-order valence-electron chi connectivity index (χ4n) is 2.95. The summed E-state index contributed by atoms with van der Waals surface area (Å²) in [6.45, 7) is 3.17. The number of halogens is 1. The average molecular weight is 310 g/mol. The van der Waals surface area contributed by atoms with Gasteiger partial charge < -0.3 is 10.3 Å². The van der Waals surface area contributed by atoms with E-state index in [4.69, 9.17) is 0 Å². The Kier molecular flexibility index (Phi) is 5.09. The molecule has 0 aliphatic heterocycles. The van der Waals surface area contributed by atoms with E-state index in [1.165, 1.54) is 34.2 Å². The second-order valence-electron chi connectivity index (χ2n) is 6.19. The standard InChI is InChI=1S/C20H23FN2/c1-15(13-17-4-7-19(21)8-5-17)22-11-2-3-16-6-9-20-18(14-16)10-12-23-20/h4-10,12,14-15,22-23H,2-3,11,13H2,1H3. The minimum Gasteiger partial charge on any atom is -0.361 e. The van der Waals surface area contributed by atoms with Crippen LogP contribution in [0.15, 0.2) is 54.7 Å². The van der Waals surface area contributed by atoms with Crippen LogP contribution in [0.5, 0.6) is 0 Å². The molecule has 3 aromatic rings. The summed E-state index contributed by atoms with van der Waals surface area (Å²) >= 11 is 0. The highest BCUT2D eigenvalue weighted by Gasteiger charge is 2.03. The number of hydrogen-bond acceptors (Lipinski definition) is 1.